The van der Waals surface area contributed by atoms with Crippen molar-refractivity contribution in [3.63, 3.8) is 0 Å². The van der Waals surface area contributed by atoms with Crippen LogP contribution < -0.4 is 16.0 Å². The van der Waals surface area contributed by atoms with Crippen LogP contribution in [0.3, 0.4) is 0 Å². The van der Waals surface area contributed by atoms with Gasteiger partial charge in [-0.1, -0.05) is 17.7 Å². The van der Waals surface area contributed by atoms with Crippen LogP contribution >= 0.6 is 0 Å². The molecular formula is C17H23N5O. The van der Waals surface area contributed by atoms with E-state index in [0.717, 1.165) is 38.3 Å². The Morgan fingerprint density at radius 1 is 1.35 bits per heavy atom. The summed E-state index contributed by atoms with van der Waals surface area (Å²) < 4.78 is 0. The van der Waals surface area contributed by atoms with Gasteiger partial charge < -0.3 is 16.0 Å². The minimum Gasteiger partial charge on any atom is -0.388 e. The van der Waals surface area contributed by atoms with Crippen molar-refractivity contribution in [3.8, 4) is 6.07 Å². The van der Waals surface area contributed by atoms with Crippen molar-refractivity contribution in [3.05, 3.63) is 41.6 Å². The summed E-state index contributed by atoms with van der Waals surface area (Å²) >= 11 is 0. The summed E-state index contributed by atoms with van der Waals surface area (Å²) in [6.07, 6.45) is 1.49. The van der Waals surface area contributed by atoms with E-state index in [1.807, 2.05) is 37.3 Å². The SMILES string of the molecule is Cc1ccc(NC(=O)/C(C#N)=C\NCCN2CCNCC2)cc1. The van der Waals surface area contributed by atoms with Crippen LogP contribution in [0.15, 0.2) is 36.0 Å². The van der Waals surface area contributed by atoms with Crippen molar-refractivity contribution < 1.29 is 4.79 Å². The molecule has 3 N–H and O–H groups in total. The number of hydrogen-bond acceptors (Lipinski definition) is 5. The first-order chi connectivity index (χ1) is 11.2. The first kappa shape index (κ1) is 17.0. The van der Waals surface area contributed by atoms with E-state index in [1.165, 1.54) is 6.20 Å². The number of aryl methyl sites for hydroxylation is 1. The number of nitrogens with one attached hydrogen (secondary N) is 3. The summed E-state index contributed by atoms with van der Waals surface area (Å²) in [6.45, 7) is 7.68. The van der Waals surface area contributed by atoms with Crippen molar-refractivity contribution in [1.29, 1.82) is 5.26 Å². The zero-order chi connectivity index (χ0) is 16.5. The molecule has 1 amide bonds. The summed E-state index contributed by atoms with van der Waals surface area (Å²) in [6, 6.07) is 9.40. The van der Waals surface area contributed by atoms with Crippen molar-refractivity contribution in [2.75, 3.05) is 44.6 Å². The van der Waals surface area contributed by atoms with Gasteiger partial charge >= 0.3 is 0 Å². The monoisotopic (exact) mass is 313 g/mol. The van der Waals surface area contributed by atoms with Crippen LogP contribution in [0.5, 0.6) is 0 Å². The summed E-state index contributed by atoms with van der Waals surface area (Å²) in [5.41, 5.74) is 1.88. The van der Waals surface area contributed by atoms with E-state index in [0.29, 0.717) is 12.2 Å². The molecule has 0 unspecified atom stereocenters. The van der Waals surface area contributed by atoms with Crippen LogP contribution in [0.2, 0.25) is 0 Å². The van der Waals surface area contributed by atoms with Crippen LogP contribution in [0, 0.1) is 18.3 Å². The highest BCUT2D eigenvalue weighted by atomic mass is 16.1. The molecule has 1 saturated heterocycles. The van der Waals surface area contributed by atoms with Gasteiger partial charge in [-0.2, -0.15) is 5.26 Å². The van der Waals surface area contributed by atoms with Gasteiger partial charge in [0, 0.05) is 51.2 Å². The second kappa shape index (κ2) is 8.93. The second-order valence-electron chi connectivity index (χ2n) is 5.54. The number of piperazine rings is 1. The number of benzene rings is 1. The van der Waals surface area contributed by atoms with Gasteiger partial charge in [-0.15, -0.1) is 0 Å². The van der Waals surface area contributed by atoms with Crippen molar-refractivity contribution in [1.82, 2.24) is 15.5 Å². The Bertz CT molecular complexity index is 582. The van der Waals surface area contributed by atoms with Crippen LogP contribution in [0.1, 0.15) is 5.56 Å². The molecule has 0 atom stereocenters. The molecule has 1 aromatic rings. The number of rotatable bonds is 6. The van der Waals surface area contributed by atoms with Crippen LogP contribution in [0.4, 0.5) is 5.69 Å². The fraction of sp³-hybridized carbons (Fsp3) is 0.412. The quantitative estimate of drug-likeness (QED) is 0.412. The van der Waals surface area contributed by atoms with Gasteiger partial charge in [-0.3, -0.25) is 9.69 Å². The molecule has 2 rings (SSSR count). The highest BCUT2D eigenvalue weighted by Gasteiger charge is 2.10. The maximum absolute atomic E-state index is 12.1. The lowest BCUT2D eigenvalue weighted by atomic mass is 10.2. The van der Waals surface area contributed by atoms with Crippen LogP contribution in [-0.4, -0.2) is 50.1 Å². The topological polar surface area (TPSA) is 80.2 Å². The summed E-state index contributed by atoms with van der Waals surface area (Å²) in [5.74, 6) is -0.397. The van der Waals surface area contributed by atoms with E-state index >= 15 is 0 Å². The number of amides is 1. The number of nitriles is 1. The first-order valence-electron chi connectivity index (χ1n) is 7.84. The van der Waals surface area contributed by atoms with Crippen molar-refractivity contribution >= 4 is 11.6 Å². The fourth-order valence-electron chi connectivity index (χ4n) is 2.32. The Morgan fingerprint density at radius 3 is 2.70 bits per heavy atom. The molecule has 0 aliphatic carbocycles. The van der Waals surface area contributed by atoms with E-state index in [9.17, 15) is 4.79 Å². The Labute approximate surface area is 137 Å². The van der Waals surface area contributed by atoms with E-state index in [-0.39, 0.29) is 5.57 Å². The number of carbonyl (C=O) groups is 1. The van der Waals surface area contributed by atoms with Crippen molar-refractivity contribution in [2.24, 2.45) is 0 Å². The van der Waals surface area contributed by atoms with Gasteiger partial charge in [0.2, 0.25) is 0 Å². The molecule has 6 nitrogen and oxygen atoms in total. The average molecular weight is 313 g/mol. The maximum atomic E-state index is 12.1. The molecule has 0 saturated carbocycles. The smallest absolute Gasteiger partial charge is 0.267 e. The predicted molar refractivity (Wildman–Crippen MR) is 90.8 cm³/mol. The van der Waals surface area contributed by atoms with Gasteiger partial charge in [-0.05, 0) is 19.1 Å². The van der Waals surface area contributed by atoms with Crippen molar-refractivity contribution in [2.45, 2.75) is 6.92 Å². The standard InChI is InChI=1S/C17H23N5O/c1-14-2-4-16(5-3-14)21-17(23)15(12-18)13-20-8-11-22-9-6-19-7-10-22/h2-5,13,19-20H,6-11H2,1H3,(H,21,23)/b15-13-. The average Bonchev–Trinajstić information content (AvgIpc) is 2.58. The third kappa shape index (κ3) is 5.74. The Hall–Kier alpha value is -2.36. The lowest BCUT2D eigenvalue weighted by Gasteiger charge is -2.26. The molecule has 1 aliphatic rings. The van der Waals surface area contributed by atoms with Crippen LogP contribution in [0.25, 0.3) is 0 Å². The van der Waals surface area contributed by atoms with Crippen LogP contribution in [-0.2, 0) is 4.79 Å². The maximum Gasteiger partial charge on any atom is 0.267 e. The lowest BCUT2D eigenvalue weighted by molar-refractivity contribution is -0.112. The molecule has 122 valence electrons. The molecule has 0 radical (unpaired) electrons. The third-order valence-corrected chi connectivity index (χ3v) is 3.70. The molecule has 6 heteroatoms. The largest absolute Gasteiger partial charge is 0.388 e. The molecular weight excluding hydrogens is 290 g/mol. The Balaban J connectivity index is 1.79. The zero-order valence-corrected chi connectivity index (χ0v) is 13.4. The molecule has 0 bridgehead atoms. The number of anilines is 1. The van der Waals surface area contributed by atoms with Gasteiger partial charge in [0.25, 0.3) is 5.91 Å². The van der Waals surface area contributed by atoms with E-state index < -0.39 is 5.91 Å². The summed E-state index contributed by atoms with van der Waals surface area (Å²) in [7, 11) is 0. The molecule has 0 spiro atoms. The molecule has 23 heavy (non-hydrogen) atoms. The second-order valence-corrected chi connectivity index (χ2v) is 5.54. The number of hydrogen-bond donors (Lipinski definition) is 3. The molecule has 1 heterocycles. The van der Waals surface area contributed by atoms with E-state index in [1.54, 1.807) is 0 Å². The van der Waals surface area contributed by atoms with Gasteiger partial charge in [0.1, 0.15) is 11.6 Å². The Kier molecular flexibility index (Phi) is 6.60. The first-order valence-corrected chi connectivity index (χ1v) is 7.84. The Morgan fingerprint density at radius 2 is 2.04 bits per heavy atom. The van der Waals surface area contributed by atoms with Gasteiger partial charge in [0.15, 0.2) is 0 Å². The summed E-state index contributed by atoms with van der Waals surface area (Å²) in [4.78, 5) is 14.4. The molecule has 0 aromatic heterocycles. The third-order valence-electron chi connectivity index (χ3n) is 3.70. The zero-order valence-electron chi connectivity index (χ0n) is 13.4. The number of nitrogens with zero attached hydrogens (tertiary/aromatic N) is 2. The van der Waals surface area contributed by atoms with Gasteiger partial charge in [0.05, 0.1) is 0 Å². The lowest BCUT2D eigenvalue weighted by Crippen LogP contribution is -2.45. The highest BCUT2D eigenvalue weighted by Crippen LogP contribution is 2.09. The summed E-state index contributed by atoms with van der Waals surface area (Å²) in [5, 5.41) is 18.2. The normalized spacial score (nSPS) is 15.7. The molecule has 1 fully saturated rings. The minimum absolute atomic E-state index is 0.0749. The fourth-order valence-corrected chi connectivity index (χ4v) is 2.32. The van der Waals surface area contributed by atoms with E-state index in [2.05, 4.69) is 20.9 Å². The minimum atomic E-state index is -0.397. The predicted octanol–water partition coefficient (Wildman–Crippen LogP) is 0.836. The number of carbonyl (C=O) groups excluding carboxylic acids is 1. The van der Waals surface area contributed by atoms with E-state index in [4.69, 9.17) is 5.26 Å². The molecule has 1 aromatic carbocycles. The highest BCUT2D eigenvalue weighted by molar-refractivity contribution is 6.06. The van der Waals surface area contributed by atoms with Gasteiger partial charge in [-0.25, -0.2) is 0 Å². The molecule has 1 aliphatic heterocycles.